The molecule has 3 saturated heterocycles. The smallest absolute Gasteiger partial charge is 0.222 e. The van der Waals surface area contributed by atoms with Crippen molar-refractivity contribution in [1.82, 2.24) is 14.8 Å². The van der Waals surface area contributed by atoms with Crippen LogP contribution in [0, 0.1) is 11.8 Å². The average molecular weight is 313 g/mol. The first-order valence-corrected chi connectivity index (χ1v) is 9.20. The van der Waals surface area contributed by atoms with E-state index in [4.69, 9.17) is 0 Å². The third kappa shape index (κ3) is 3.27. The number of rotatable bonds is 3. The molecular formula is C19H27N3O. The van der Waals surface area contributed by atoms with Gasteiger partial charge in [0.1, 0.15) is 0 Å². The van der Waals surface area contributed by atoms with Gasteiger partial charge in [-0.15, -0.1) is 0 Å². The molecule has 23 heavy (non-hydrogen) atoms. The van der Waals surface area contributed by atoms with E-state index in [1.165, 1.54) is 38.8 Å². The van der Waals surface area contributed by atoms with Gasteiger partial charge in [0.15, 0.2) is 0 Å². The summed E-state index contributed by atoms with van der Waals surface area (Å²) in [4.78, 5) is 21.7. The lowest BCUT2D eigenvalue weighted by Crippen LogP contribution is -2.59. The topological polar surface area (TPSA) is 36.4 Å². The Morgan fingerprint density at radius 1 is 1.26 bits per heavy atom. The zero-order valence-electron chi connectivity index (χ0n) is 13.9. The van der Waals surface area contributed by atoms with Gasteiger partial charge < -0.3 is 4.90 Å². The van der Waals surface area contributed by atoms with Crippen LogP contribution in [0.1, 0.15) is 37.7 Å². The minimum absolute atomic E-state index is 0.341. The van der Waals surface area contributed by atoms with E-state index >= 15 is 0 Å². The van der Waals surface area contributed by atoms with Gasteiger partial charge in [-0.25, -0.2) is 0 Å². The maximum Gasteiger partial charge on any atom is 0.222 e. The third-order valence-electron chi connectivity index (χ3n) is 5.97. The zero-order valence-corrected chi connectivity index (χ0v) is 13.9. The minimum Gasteiger partial charge on any atom is -0.342 e. The number of aryl methyl sites for hydroxylation is 1. The van der Waals surface area contributed by atoms with Crippen LogP contribution in [0.25, 0.3) is 0 Å². The first-order chi connectivity index (χ1) is 11.3. The molecule has 1 aromatic rings. The van der Waals surface area contributed by atoms with Crippen LogP contribution in [-0.2, 0) is 11.2 Å². The molecule has 4 heterocycles. The number of hydrogen-bond donors (Lipinski definition) is 0. The van der Waals surface area contributed by atoms with Gasteiger partial charge in [0.25, 0.3) is 0 Å². The van der Waals surface area contributed by atoms with Crippen LogP contribution in [0.3, 0.4) is 0 Å². The molecule has 1 aromatic heterocycles. The van der Waals surface area contributed by atoms with E-state index in [0.717, 1.165) is 31.1 Å². The van der Waals surface area contributed by atoms with Gasteiger partial charge in [0, 0.05) is 44.5 Å². The first-order valence-electron chi connectivity index (χ1n) is 9.20. The maximum absolute atomic E-state index is 12.7. The van der Waals surface area contributed by atoms with Gasteiger partial charge >= 0.3 is 0 Å². The van der Waals surface area contributed by atoms with E-state index in [1.54, 1.807) is 6.20 Å². The van der Waals surface area contributed by atoms with Crippen molar-refractivity contribution in [2.24, 2.45) is 11.8 Å². The highest BCUT2D eigenvalue weighted by Gasteiger charge is 2.42. The predicted molar refractivity (Wildman–Crippen MR) is 89.9 cm³/mol. The first kappa shape index (κ1) is 15.1. The number of pyridine rings is 1. The number of aromatic nitrogens is 1. The Bertz CT molecular complexity index is 547. The van der Waals surface area contributed by atoms with Crippen LogP contribution in [0.2, 0.25) is 0 Å². The third-order valence-corrected chi connectivity index (χ3v) is 5.97. The molecule has 4 heteroatoms. The summed E-state index contributed by atoms with van der Waals surface area (Å²) < 4.78 is 0. The zero-order chi connectivity index (χ0) is 15.6. The van der Waals surface area contributed by atoms with Gasteiger partial charge in [0.05, 0.1) is 0 Å². The van der Waals surface area contributed by atoms with Crippen LogP contribution in [0.5, 0.6) is 0 Å². The van der Waals surface area contributed by atoms with Gasteiger partial charge in [-0.05, 0) is 55.7 Å². The van der Waals surface area contributed by atoms with Crippen molar-refractivity contribution in [3.63, 3.8) is 0 Å². The highest BCUT2D eigenvalue weighted by molar-refractivity contribution is 5.76. The summed E-state index contributed by atoms with van der Waals surface area (Å²) in [5, 5.41) is 0. The van der Waals surface area contributed by atoms with E-state index < -0.39 is 0 Å². The van der Waals surface area contributed by atoms with Crippen LogP contribution in [-0.4, -0.2) is 52.9 Å². The Kier molecular flexibility index (Phi) is 4.34. The lowest BCUT2D eigenvalue weighted by molar-refractivity contribution is -0.137. The molecular weight excluding hydrogens is 286 g/mol. The van der Waals surface area contributed by atoms with Crippen LogP contribution in [0.15, 0.2) is 24.5 Å². The van der Waals surface area contributed by atoms with Crippen LogP contribution < -0.4 is 0 Å². The van der Waals surface area contributed by atoms with Crippen molar-refractivity contribution in [3.05, 3.63) is 30.1 Å². The fourth-order valence-electron chi connectivity index (χ4n) is 4.93. The molecule has 0 saturated carbocycles. The predicted octanol–water partition coefficient (Wildman–Crippen LogP) is 2.35. The van der Waals surface area contributed by atoms with E-state index in [2.05, 4.69) is 20.9 Å². The Labute approximate surface area is 138 Å². The monoisotopic (exact) mass is 313 g/mol. The number of carbonyl (C=O) groups excluding carboxylic acids is 1. The maximum atomic E-state index is 12.7. The lowest BCUT2D eigenvalue weighted by atomic mass is 9.76. The molecule has 4 nitrogen and oxygen atoms in total. The van der Waals surface area contributed by atoms with Crippen molar-refractivity contribution >= 4 is 5.91 Å². The normalized spacial score (nSPS) is 30.8. The van der Waals surface area contributed by atoms with Crippen LogP contribution in [0.4, 0.5) is 0 Å². The second-order valence-corrected chi connectivity index (χ2v) is 7.58. The summed E-state index contributed by atoms with van der Waals surface area (Å²) in [6.45, 7) is 4.47. The number of nitrogens with zero attached hydrogens (tertiary/aromatic N) is 3. The van der Waals surface area contributed by atoms with Gasteiger partial charge in [-0.1, -0.05) is 12.5 Å². The molecule has 0 radical (unpaired) electrons. The largest absolute Gasteiger partial charge is 0.342 e. The molecule has 4 rings (SSSR count). The number of hydrogen-bond acceptors (Lipinski definition) is 3. The number of carbonyl (C=O) groups is 1. The quantitative estimate of drug-likeness (QED) is 0.859. The van der Waals surface area contributed by atoms with Gasteiger partial charge in [0.2, 0.25) is 5.91 Å². The minimum atomic E-state index is 0.341. The van der Waals surface area contributed by atoms with Gasteiger partial charge in [-0.3, -0.25) is 14.7 Å². The van der Waals surface area contributed by atoms with Crippen molar-refractivity contribution in [3.8, 4) is 0 Å². The lowest BCUT2D eigenvalue weighted by Gasteiger charge is -2.52. The molecule has 3 aliphatic heterocycles. The standard InChI is InChI=1S/C19H27N3O/c23-19(7-6-15-4-3-8-20-11-15)22-13-16-10-17(14-22)18-5-1-2-9-21(18)12-16/h3-4,8,11,16-18H,1-2,5-7,9-10,12-14H2/t16-,17-,18+/m1/s1. The Balaban J connectivity index is 1.36. The molecule has 3 fully saturated rings. The molecule has 3 atom stereocenters. The Morgan fingerprint density at radius 2 is 2.22 bits per heavy atom. The highest BCUT2D eigenvalue weighted by atomic mass is 16.2. The summed E-state index contributed by atoms with van der Waals surface area (Å²) >= 11 is 0. The SMILES string of the molecule is O=C(CCc1cccnc1)N1C[C@@H]2C[C@H](C1)[C@@H]1CCCCN1C2. The molecule has 0 aromatic carbocycles. The summed E-state index contributed by atoms with van der Waals surface area (Å²) in [7, 11) is 0. The molecule has 3 aliphatic rings. The number of likely N-dealkylation sites (tertiary alicyclic amines) is 1. The second kappa shape index (κ2) is 6.60. The molecule has 0 N–H and O–H groups in total. The number of amides is 1. The molecule has 0 aliphatic carbocycles. The van der Waals surface area contributed by atoms with Crippen molar-refractivity contribution in [2.45, 2.75) is 44.6 Å². The Morgan fingerprint density at radius 3 is 3.09 bits per heavy atom. The molecule has 0 unspecified atom stereocenters. The van der Waals surface area contributed by atoms with E-state index in [1.807, 2.05) is 12.3 Å². The van der Waals surface area contributed by atoms with E-state index in [0.29, 0.717) is 24.2 Å². The number of piperidine rings is 3. The van der Waals surface area contributed by atoms with Crippen molar-refractivity contribution in [1.29, 1.82) is 0 Å². The number of fused-ring (bicyclic) bond motifs is 4. The average Bonchev–Trinajstić information content (AvgIpc) is 2.60. The van der Waals surface area contributed by atoms with Crippen LogP contribution >= 0.6 is 0 Å². The summed E-state index contributed by atoms with van der Waals surface area (Å²) in [5.74, 6) is 1.75. The fourth-order valence-corrected chi connectivity index (χ4v) is 4.93. The summed E-state index contributed by atoms with van der Waals surface area (Å²) in [5.41, 5.74) is 1.16. The van der Waals surface area contributed by atoms with E-state index in [-0.39, 0.29) is 0 Å². The summed E-state index contributed by atoms with van der Waals surface area (Å²) in [6.07, 6.45) is 10.5. The summed E-state index contributed by atoms with van der Waals surface area (Å²) in [6, 6.07) is 4.75. The van der Waals surface area contributed by atoms with Crippen molar-refractivity contribution < 1.29 is 4.79 Å². The Hall–Kier alpha value is -1.42. The molecule has 2 bridgehead atoms. The molecule has 124 valence electrons. The van der Waals surface area contributed by atoms with Crippen molar-refractivity contribution in [2.75, 3.05) is 26.2 Å². The molecule has 0 spiro atoms. The van der Waals surface area contributed by atoms with E-state index in [9.17, 15) is 4.79 Å². The fraction of sp³-hybridized carbons (Fsp3) is 0.684. The van der Waals surface area contributed by atoms with Gasteiger partial charge in [-0.2, -0.15) is 0 Å². The molecule has 1 amide bonds. The highest BCUT2D eigenvalue weighted by Crippen LogP contribution is 2.37. The second-order valence-electron chi connectivity index (χ2n) is 7.58.